The molecule has 0 spiro atoms. The standard InChI is InChI=1S/C16H19NO3/c18-15(13-10-14(13)16(19)20)17-8-4-7-12(17)9-11-5-2-1-3-6-11/h1-3,5-6,12-14H,4,7-10H2,(H,19,20). The number of aliphatic carboxylic acids is 1. The van der Waals surface area contributed by atoms with Crippen LogP contribution in [0.1, 0.15) is 24.8 Å². The Morgan fingerprint density at radius 1 is 1.20 bits per heavy atom. The van der Waals surface area contributed by atoms with Gasteiger partial charge in [0.2, 0.25) is 5.91 Å². The summed E-state index contributed by atoms with van der Waals surface area (Å²) in [6.07, 6.45) is 3.43. The summed E-state index contributed by atoms with van der Waals surface area (Å²) in [7, 11) is 0. The highest BCUT2D eigenvalue weighted by Gasteiger charge is 2.51. The van der Waals surface area contributed by atoms with Crippen molar-refractivity contribution in [2.24, 2.45) is 11.8 Å². The summed E-state index contributed by atoms with van der Waals surface area (Å²) in [6.45, 7) is 0.777. The summed E-state index contributed by atoms with van der Waals surface area (Å²) in [6, 6.07) is 10.4. The molecule has 1 heterocycles. The minimum absolute atomic E-state index is 0.0517. The molecule has 2 fully saturated rings. The van der Waals surface area contributed by atoms with Crippen LogP contribution >= 0.6 is 0 Å². The summed E-state index contributed by atoms with van der Waals surface area (Å²) in [5.41, 5.74) is 1.24. The number of carboxylic acid groups (broad SMARTS) is 1. The van der Waals surface area contributed by atoms with Gasteiger partial charge in [0.1, 0.15) is 0 Å². The molecule has 1 amide bonds. The van der Waals surface area contributed by atoms with E-state index in [1.165, 1.54) is 5.56 Å². The number of hydrogen-bond donors (Lipinski definition) is 1. The summed E-state index contributed by atoms with van der Waals surface area (Å²) >= 11 is 0. The molecule has 3 atom stereocenters. The third-order valence-electron chi connectivity index (χ3n) is 4.40. The fourth-order valence-corrected chi connectivity index (χ4v) is 3.18. The zero-order chi connectivity index (χ0) is 14.1. The van der Waals surface area contributed by atoms with Crippen molar-refractivity contribution in [3.05, 3.63) is 35.9 Å². The predicted octanol–water partition coefficient (Wildman–Crippen LogP) is 1.94. The van der Waals surface area contributed by atoms with Crippen LogP contribution in [-0.4, -0.2) is 34.5 Å². The van der Waals surface area contributed by atoms with Crippen molar-refractivity contribution in [2.75, 3.05) is 6.54 Å². The molecule has 106 valence electrons. The van der Waals surface area contributed by atoms with Gasteiger partial charge in [-0.2, -0.15) is 0 Å². The number of carbonyl (C=O) groups is 2. The van der Waals surface area contributed by atoms with Crippen molar-refractivity contribution < 1.29 is 14.7 Å². The fraction of sp³-hybridized carbons (Fsp3) is 0.500. The lowest BCUT2D eigenvalue weighted by Gasteiger charge is -2.25. The molecule has 1 aromatic rings. The van der Waals surface area contributed by atoms with Crippen LogP contribution in [-0.2, 0) is 16.0 Å². The largest absolute Gasteiger partial charge is 0.481 e. The van der Waals surface area contributed by atoms with Gasteiger partial charge in [0.15, 0.2) is 0 Å². The van der Waals surface area contributed by atoms with E-state index in [1.54, 1.807) is 0 Å². The number of hydrogen-bond acceptors (Lipinski definition) is 2. The second-order valence-corrected chi connectivity index (χ2v) is 5.80. The zero-order valence-electron chi connectivity index (χ0n) is 11.4. The Kier molecular flexibility index (Phi) is 3.47. The Morgan fingerprint density at radius 2 is 1.95 bits per heavy atom. The maximum absolute atomic E-state index is 12.4. The molecule has 4 heteroatoms. The maximum Gasteiger partial charge on any atom is 0.307 e. The smallest absolute Gasteiger partial charge is 0.307 e. The number of benzene rings is 1. The summed E-state index contributed by atoms with van der Waals surface area (Å²) in [4.78, 5) is 25.2. The summed E-state index contributed by atoms with van der Waals surface area (Å²) in [5, 5.41) is 8.95. The highest BCUT2D eigenvalue weighted by Crippen LogP contribution is 2.41. The van der Waals surface area contributed by atoms with Crippen LogP contribution in [0.2, 0.25) is 0 Å². The van der Waals surface area contributed by atoms with Crippen LogP contribution in [0, 0.1) is 11.8 Å². The van der Waals surface area contributed by atoms with E-state index in [0.717, 1.165) is 25.8 Å². The van der Waals surface area contributed by atoms with Gasteiger partial charge in [-0.3, -0.25) is 9.59 Å². The molecule has 4 nitrogen and oxygen atoms in total. The number of carboxylic acids is 1. The lowest BCUT2D eigenvalue weighted by atomic mass is 10.0. The van der Waals surface area contributed by atoms with E-state index >= 15 is 0 Å². The summed E-state index contributed by atoms with van der Waals surface area (Å²) < 4.78 is 0. The molecule has 0 bridgehead atoms. The third kappa shape index (κ3) is 2.55. The van der Waals surface area contributed by atoms with Gasteiger partial charge < -0.3 is 10.0 Å². The van der Waals surface area contributed by atoms with Crippen molar-refractivity contribution in [2.45, 2.75) is 31.7 Å². The van der Waals surface area contributed by atoms with Crippen LogP contribution in [0.25, 0.3) is 0 Å². The van der Waals surface area contributed by atoms with E-state index in [9.17, 15) is 9.59 Å². The molecular formula is C16H19NO3. The average molecular weight is 273 g/mol. The SMILES string of the molecule is O=C(O)C1CC1C(=O)N1CCCC1Cc1ccccc1. The number of likely N-dealkylation sites (tertiary alicyclic amines) is 1. The first-order valence-electron chi connectivity index (χ1n) is 7.24. The molecule has 20 heavy (non-hydrogen) atoms. The van der Waals surface area contributed by atoms with E-state index < -0.39 is 11.9 Å². The van der Waals surface area contributed by atoms with Crippen molar-refractivity contribution >= 4 is 11.9 Å². The van der Waals surface area contributed by atoms with Gasteiger partial charge in [-0.25, -0.2) is 0 Å². The molecule has 1 aromatic carbocycles. The number of amides is 1. The number of nitrogens with zero attached hydrogens (tertiary/aromatic N) is 1. The molecule has 1 aliphatic heterocycles. The van der Waals surface area contributed by atoms with Gasteiger partial charge >= 0.3 is 5.97 Å². The first-order valence-corrected chi connectivity index (χ1v) is 7.24. The number of carbonyl (C=O) groups excluding carboxylic acids is 1. The Labute approximate surface area is 118 Å². The Hall–Kier alpha value is -1.84. The Bertz CT molecular complexity index is 514. The van der Waals surface area contributed by atoms with Crippen LogP contribution in [0.5, 0.6) is 0 Å². The van der Waals surface area contributed by atoms with Crippen LogP contribution in [0.4, 0.5) is 0 Å². The monoisotopic (exact) mass is 273 g/mol. The molecule has 1 saturated carbocycles. The highest BCUT2D eigenvalue weighted by molar-refractivity contribution is 5.89. The van der Waals surface area contributed by atoms with Gasteiger partial charge in [0.25, 0.3) is 0 Å². The highest BCUT2D eigenvalue weighted by atomic mass is 16.4. The minimum Gasteiger partial charge on any atom is -0.481 e. The summed E-state index contributed by atoms with van der Waals surface area (Å²) in [5.74, 6) is -1.50. The van der Waals surface area contributed by atoms with E-state index in [0.29, 0.717) is 6.42 Å². The van der Waals surface area contributed by atoms with Crippen molar-refractivity contribution in [1.82, 2.24) is 4.90 Å². The predicted molar refractivity (Wildman–Crippen MR) is 74.1 cm³/mol. The van der Waals surface area contributed by atoms with E-state index in [4.69, 9.17) is 5.11 Å². The van der Waals surface area contributed by atoms with Gasteiger partial charge in [-0.1, -0.05) is 30.3 Å². The zero-order valence-corrected chi connectivity index (χ0v) is 11.4. The second kappa shape index (κ2) is 5.27. The maximum atomic E-state index is 12.4. The van der Waals surface area contributed by atoms with E-state index in [1.807, 2.05) is 23.1 Å². The number of rotatable bonds is 4. The molecule has 2 aliphatic rings. The fourth-order valence-electron chi connectivity index (χ4n) is 3.18. The van der Waals surface area contributed by atoms with Crippen LogP contribution < -0.4 is 0 Å². The van der Waals surface area contributed by atoms with Gasteiger partial charge in [0, 0.05) is 12.6 Å². The molecule has 0 radical (unpaired) electrons. The molecule has 1 aliphatic carbocycles. The Morgan fingerprint density at radius 3 is 2.60 bits per heavy atom. The van der Waals surface area contributed by atoms with Crippen molar-refractivity contribution in [3.8, 4) is 0 Å². The van der Waals surface area contributed by atoms with E-state index in [-0.39, 0.29) is 17.9 Å². The van der Waals surface area contributed by atoms with Gasteiger partial charge in [-0.15, -0.1) is 0 Å². The molecule has 3 unspecified atom stereocenters. The van der Waals surface area contributed by atoms with Crippen molar-refractivity contribution in [1.29, 1.82) is 0 Å². The van der Waals surface area contributed by atoms with E-state index in [2.05, 4.69) is 12.1 Å². The minimum atomic E-state index is -0.831. The average Bonchev–Trinajstić information content (AvgIpc) is 3.13. The lowest BCUT2D eigenvalue weighted by molar-refractivity contribution is -0.142. The van der Waals surface area contributed by atoms with Crippen LogP contribution in [0.3, 0.4) is 0 Å². The molecule has 1 saturated heterocycles. The molecule has 3 rings (SSSR count). The molecular weight excluding hydrogens is 254 g/mol. The van der Waals surface area contributed by atoms with Gasteiger partial charge in [-0.05, 0) is 31.2 Å². The topological polar surface area (TPSA) is 57.6 Å². The lowest BCUT2D eigenvalue weighted by Crippen LogP contribution is -2.38. The third-order valence-corrected chi connectivity index (χ3v) is 4.40. The molecule has 1 N–H and O–H groups in total. The quantitative estimate of drug-likeness (QED) is 0.912. The van der Waals surface area contributed by atoms with Crippen LogP contribution in [0.15, 0.2) is 30.3 Å². The molecule has 0 aromatic heterocycles. The van der Waals surface area contributed by atoms with Gasteiger partial charge in [0.05, 0.1) is 11.8 Å². The second-order valence-electron chi connectivity index (χ2n) is 5.80. The normalized spacial score (nSPS) is 28.4. The van der Waals surface area contributed by atoms with Crippen molar-refractivity contribution in [3.63, 3.8) is 0 Å². The first-order chi connectivity index (χ1) is 9.66. The first kappa shape index (κ1) is 13.2. The Balaban J connectivity index is 1.64.